The number of hydrogen-bond acceptors (Lipinski definition) is 17. The molecule has 26 heteroatoms. The second kappa shape index (κ2) is 19.1. The zero-order valence-corrected chi connectivity index (χ0v) is 38.4. The third kappa shape index (κ3) is 10.9. The number of phenols is 1. The van der Waals surface area contributed by atoms with E-state index in [0.717, 1.165) is 30.7 Å². The molecule has 278 valence electrons. The van der Waals surface area contributed by atoms with E-state index in [1.54, 1.807) is 30.3 Å². The Balaban J connectivity index is 0.00000290. The van der Waals surface area contributed by atoms with Crippen molar-refractivity contribution < 1.29 is 146 Å². The van der Waals surface area contributed by atoms with Crippen molar-refractivity contribution in [1.29, 1.82) is 0 Å². The minimum absolute atomic E-state index is 0. The normalized spacial score (nSPS) is 12.0. The fraction of sp³-hybridized carbons (Fsp3) is 0. The number of fused-ring (bicyclic) bond motifs is 2. The van der Waals surface area contributed by atoms with Crippen LogP contribution in [-0.2, 0) is 30.4 Å². The fourth-order valence-corrected chi connectivity index (χ4v) is 7.35. The summed E-state index contributed by atoms with van der Waals surface area (Å²) < 4.78 is 144. The topological polar surface area (TPSA) is 276 Å². The number of aromatic nitrogens is 2. The van der Waals surface area contributed by atoms with Crippen molar-refractivity contribution in [2.75, 3.05) is 5.32 Å². The first-order chi connectivity index (χ1) is 25.3. The van der Waals surface area contributed by atoms with Gasteiger partial charge < -0.3 is 28.8 Å². The molecule has 6 rings (SSSR count). The van der Waals surface area contributed by atoms with Gasteiger partial charge in [-0.15, -0.1) is 10.2 Å². The number of phenolic OH excluding ortho intramolecular Hbond substituents is 1. The van der Waals surface area contributed by atoms with Crippen LogP contribution in [0.2, 0.25) is 5.02 Å². The smallest absolute Gasteiger partial charge is 0.744 e. The number of aromatic hydroxyl groups is 1. The summed E-state index contributed by atoms with van der Waals surface area (Å²) in [5.41, 5.74) is -2.12. The number of anilines is 2. The standard InChI is InChI=1S/C31H19ClF2N6O11S3.3Na/c32-25-29(33)37-31(34)38-30(25)36-16-7-8-18-15(12-16)6-9-21(28(18)54(48,49)50)39-40-26-23(53(45,46)47)13-19-22(52(42,43)44)11-10-20(24(19)27(26)41)35-14-51-17-4-2-1-3-5-17;;;/h1-14,41H,(H,36,37,38)(H,42,43,44)(H,45,46,47)(H,48,49,50);;;/q;3*+1/p-3. The van der Waals surface area contributed by atoms with Crippen molar-refractivity contribution in [2.24, 2.45) is 15.2 Å². The van der Waals surface area contributed by atoms with Gasteiger partial charge in [0, 0.05) is 16.5 Å². The van der Waals surface area contributed by atoms with E-state index in [1.165, 1.54) is 18.2 Å². The zero-order chi connectivity index (χ0) is 39.2. The van der Waals surface area contributed by atoms with E-state index in [-0.39, 0.29) is 111 Å². The molecule has 0 saturated heterocycles. The van der Waals surface area contributed by atoms with E-state index in [4.69, 9.17) is 16.3 Å². The Morgan fingerprint density at radius 1 is 0.754 bits per heavy atom. The molecule has 0 unspecified atom stereocenters. The number of azo groups is 1. The van der Waals surface area contributed by atoms with Crippen LogP contribution in [0.4, 0.5) is 37.3 Å². The van der Waals surface area contributed by atoms with Gasteiger partial charge in [-0.05, 0) is 53.9 Å². The summed E-state index contributed by atoms with van der Waals surface area (Å²) in [5, 5.41) is 18.9. The predicted molar refractivity (Wildman–Crippen MR) is 183 cm³/mol. The van der Waals surface area contributed by atoms with Gasteiger partial charge in [-0.3, -0.25) is 0 Å². The summed E-state index contributed by atoms with van der Waals surface area (Å²) in [5.74, 6) is -2.79. The van der Waals surface area contributed by atoms with Crippen LogP contribution < -0.4 is 98.7 Å². The van der Waals surface area contributed by atoms with Gasteiger partial charge in [0.2, 0.25) is 5.95 Å². The number of para-hydroxylation sites is 1. The number of halogens is 3. The molecular formula is C31H16ClF2N6Na3O11S3. The Morgan fingerprint density at radius 2 is 1.40 bits per heavy atom. The Morgan fingerprint density at radius 3 is 2.04 bits per heavy atom. The zero-order valence-electron chi connectivity index (χ0n) is 29.2. The Labute approximate surface area is 392 Å². The van der Waals surface area contributed by atoms with Crippen LogP contribution in [0.25, 0.3) is 21.5 Å². The molecule has 0 aliphatic heterocycles. The van der Waals surface area contributed by atoms with Crippen LogP contribution in [0.5, 0.6) is 11.5 Å². The summed E-state index contributed by atoms with van der Waals surface area (Å²) in [4.78, 5) is 6.76. The molecule has 1 heterocycles. The second-order valence-electron chi connectivity index (χ2n) is 10.7. The number of benzene rings is 5. The summed E-state index contributed by atoms with van der Waals surface area (Å²) in [6.07, 6.45) is -0.577. The van der Waals surface area contributed by atoms with E-state index in [2.05, 4.69) is 30.5 Å². The Hall–Kier alpha value is -2.75. The second-order valence-corrected chi connectivity index (χ2v) is 15.1. The van der Waals surface area contributed by atoms with Gasteiger partial charge >= 0.3 is 94.8 Å². The van der Waals surface area contributed by atoms with Gasteiger partial charge in [-0.2, -0.15) is 18.7 Å². The van der Waals surface area contributed by atoms with Gasteiger partial charge in [-0.25, -0.2) is 30.2 Å². The number of ether oxygens (including phenoxy) is 1. The van der Waals surface area contributed by atoms with Crippen LogP contribution in [0.1, 0.15) is 0 Å². The number of nitrogens with one attached hydrogen (secondary N) is 1. The third-order valence-corrected chi connectivity index (χ3v) is 10.3. The maximum atomic E-state index is 13.8. The van der Waals surface area contributed by atoms with Gasteiger partial charge in [0.15, 0.2) is 18.0 Å². The van der Waals surface area contributed by atoms with Crippen LogP contribution in [0, 0.1) is 12.0 Å². The molecule has 17 nitrogen and oxygen atoms in total. The molecule has 2 N–H and O–H groups in total. The molecule has 57 heavy (non-hydrogen) atoms. The van der Waals surface area contributed by atoms with Gasteiger partial charge in [-0.1, -0.05) is 41.9 Å². The molecule has 6 aromatic rings. The van der Waals surface area contributed by atoms with E-state index < -0.39 is 95.8 Å². The average Bonchev–Trinajstić information content (AvgIpc) is 3.08. The third-order valence-electron chi connectivity index (χ3n) is 7.32. The minimum Gasteiger partial charge on any atom is -0.744 e. The van der Waals surface area contributed by atoms with Crippen molar-refractivity contribution in [3.8, 4) is 11.5 Å². The molecule has 0 aliphatic carbocycles. The molecule has 0 amide bonds. The number of nitrogens with zero attached hydrogens (tertiary/aromatic N) is 5. The van der Waals surface area contributed by atoms with Gasteiger partial charge in [0.05, 0.1) is 25.8 Å². The molecule has 5 aromatic carbocycles. The quantitative estimate of drug-likeness (QED) is 0.0265. The molecule has 0 spiro atoms. The van der Waals surface area contributed by atoms with Crippen molar-refractivity contribution >= 4 is 98.5 Å². The maximum absolute atomic E-state index is 13.8. The summed E-state index contributed by atoms with van der Waals surface area (Å²) in [6.45, 7) is 0. The number of rotatable bonds is 10. The molecule has 0 bridgehead atoms. The Kier molecular flexibility index (Phi) is 16.3. The SMILES string of the molecule is O=S(=O)([O-])c1cc2c(S(=O)(=O)[O-])ccc(N=COc3ccccc3)c2c(O)c1N=Nc1ccc2cc(Nc3nc(F)nc(F)c3Cl)ccc2c1S(=O)(=O)[O-].[Na+].[Na+].[Na+]. The summed E-state index contributed by atoms with van der Waals surface area (Å²) in [6, 6.07) is 15.9. The first-order valence-electron chi connectivity index (χ1n) is 14.4. The van der Waals surface area contributed by atoms with Gasteiger partial charge in [0.25, 0.3) is 0 Å². The van der Waals surface area contributed by atoms with E-state index in [0.29, 0.717) is 11.8 Å². The molecule has 0 radical (unpaired) electrons. The average molecular weight is 887 g/mol. The van der Waals surface area contributed by atoms with E-state index in [9.17, 15) is 52.8 Å². The van der Waals surface area contributed by atoms with E-state index >= 15 is 0 Å². The molecule has 0 aliphatic rings. The van der Waals surface area contributed by atoms with Crippen LogP contribution >= 0.6 is 11.6 Å². The molecule has 1 aromatic heterocycles. The van der Waals surface area contributed by atoms with E-state index in [1.807, 2.05) is 0 Å². The molecule has 0 saturated carbocycles. The van der Waals surface area contributed by atoms with Crippen molar-refractivity contribution in [1.82, 2.24) is 9.97 Å². The first kappa shape index (κ1) is 48.6. The number of hydrogen-bond donors (Lipinski definition) is 2. The monoisotopic (exact) mass is 886 g/mol. The first-order valence-corrected chi connectivity index (χ1v) is 19.0. The molecule has 0 atom stereocenters. The molecule has 0 fully saturated rings. The van der Waals surface area contributed by atoms with Gasteiger partial charge in [0.1, 0.15) is 52.5 Å². The van der Waals surface area contributed by atoms with Crippen LogP contribution in [0.3, 0.4) is 0 Å². The van der Waals surface area contributed by atoms with Crippen molar-refractivity contribution in [3.63, 3.8) is 0 Å². The fourth-order valence-electron chi connectivity index (χ4n) is 5.10. The van der Waals surface area contributed by atoms with Crippen LogP contribution in [-0.4, -0.2) is 60.4 Å². The van der Waals surface area contributed by atoms with Crippen LogP contribution in [0.15, 0.2) is 109 Å². The Bertz CT molecular complexity index is 2940. The summed E-state index contributed by atoms with van der Waals surface area (Å²) >= 11 is 5.79. The largest absolute Gasteiger partial charge is 1.00 e. The van der Waals surface area contributed by atoms with Crippen molar-refractivity contribution in [3.05, 3.63) is 95.9 Å². The maximum Gasteiger partial charge on any atom is 1.00 e. The predicted octanol–water partition coefficient (Wildman–Crippen LogP) is -2.96. The van der Waals surface area contributed by atoms with Crippen molar-refractivity contribution in [2.45, 2.75) is 14.7 Å². The minimum atomic E-state index is -5.67. The molecular weight excluding hydrogens is 871 g/mol. The number of aliphatic imine (C=N–C) groups is 1. The summed E-state index contributed by atoms with van der Waals surface area (Å²) in [7, 11) is -16.5.